The number of hydrogen-bond donors (Lipinski definition) is 1. The smallest absolute Gasteiger partial charge is 0.141 e. The standard InChI is InChI=1S/C27H29ClFN5/c1-17-27-22-7-5-19(18-9-12-33(13-10-18)21-3-2-4-21)15-23(22)26(11-14-34(27)32-31-17)30-20-6-8-25(29)24(28)16-20/h5-9,15-16,21,26,30H,2-4,10-14H2,1H3. The molecule has 34 heavy (non-hydrogen) atoms. The van der Waals surface area contributed by atoms with Gasteiger partial charge in [0.05, 0.1) is 22.5 Å². The molecular formula is C27H29ClFN5. The molecule has 0 saturated heterocycles. The molecule has 7 heteroatoms. The van der Waals surface area contributed by atoms with Crippen LogP contribution in [-0.2, 0) is 6.54 Å². The lowest BCUT2D eigenvalue weighted by Crippen LogP contribution is -2.42. The second-order valence-electron chi connectivity index (χ2n) is 9.72. The number of rotatable bonds is 4. The summed E-state index contributed by atoms with van der Waals surface area (Å²) in [5.41, 5.74) is 7.93. The molecule has 1 saturated carbocycles. The highest BCUT2D eigenvalue weighted by Gasteiger charge is 2.28. The van der Waals surface area contributed by atoms with Crippen molar-refractivity contribution in [2.75, 3.05) is 18.4 Å². The summed E-state index contributed by atoms with van der Waals surface area (Å²) in [6, 6.07) is 12.5. The van der Waals surface area contributed by atoms with Gasteiger partial charge >= 0.3 is 0 Å². The van der Waals surface area contributed by atoms with Crippen molar-refractivity contribution < 1.29 is 4.39 Å². The highest BCUT2D eigenvalue weighted by Crippen LogP contribution is 2.39. The van der Waals surface area contributed by atoms with Crippen LogP contribution in [-0.4, -0.2) is 39.0 Å². The minimum Gasteiger partial charge on any atom is -0.378 e. The van der Waals surface area contributed by atoms with Gasteiger partial charge in [0, 0.05) is 36.9 Å². The fourth-order valence-corrected chi connectivity index (χ4v) is 5.71. The molecule has 1 atom stereocenters. The third-order valence-electron chi connectivity index (χ3n) is 7.68. The van der Waals surface area contributed by atoms with Crippen molar-refractivity contribution >= 4 is 22.9 Å². The van der Waals surface area contributed by atoms with Crippen LogP contribution < -0.4 is 5.32 Å². The predicted molar refractivity (Wildman–Crippen MR) is 134 cm³/mol. The van der Waals surface area contributed by atoms with Crippen LogP contribution in [0.15, 0.2) is 42.5 Å². The first-order chi connectivity index (χ1) is 16.6. The molecule has 0 bridgehead atoms. The van der Waals surface area contributed by atoms with Gasteiger partial charge in [0.2, 0.25) is 0 Å². The van der Waals surface area contributed by atoms with E-state index in [1.165, 1.54) is 42.0 Å². The molecule has 5 nitrogen and oxygen atoms in total. The molecular weight excluding hydrogens is 449 g/mol. The van der Waals surface area contributed by atoms with Crippen LogP contribution in [0.5, 0.6) is 0 Å². The Morgan fingerprint density at radius 2 is 1.97 bits per heavy atom. The summed E-state index contributed by atoms with van der Waals surface area (Å²) in [7, 11) is 0. The molecule has 176 valence electrons. The minimum atomic E-state index is -0.405. The molecule has 1 aliphatic carbocycles. The van der Waals surface area contributed by atoms with E-state index < -0.39 is 5.82 Å². The molecule has 2 aromatic carbocycles. The fourth-order valence-electron chi connectivity index (χ4n) is 5.53. The molecule has 1 N–H and O–H groups in total. The molecule has 1 aromatic heterocycles. The average Bonchev–Trinajstić information content (AvgIpc) is 3.10. The van der Waals surface area contributed by atoms with Crippen molar-refractivity contribution in [3.8, 4) is 11.3 Å². The van der Waals surface area contributed by atoms with Crippen LogP contribution in [0, 0.1) is 12.7 Å². The third-order valence-corrected chi connectivity index (χ3v) is 7.97. The second kappa shape index (κ2) is 8.82. The molecule has 3 heterocycles. The quantitative estimate of drug-likeness (QED) is 0.482. The van der Waals surface area contributed by atoms with E-state index in [0.29, 0.717) is 0 Å². The number of nitrogens with zero attached hydrogens (tertiary/aromatic N) is 4. The van der Waals surface area contributed by atoms with Gasteiger partial charge in [-0.1, -0.05) is 41.4 Å². The Morgan fingerprint density at radius 3 is 2.71 bits per heavy atom. The molecule has 6 rings (SSSR count). The summed E-state index contributed by atoms with van der Waals surface area (Å²) >= 11 is 6.07. The van der Waals surface area contributed by atoms with Crippen LogP contribution in [0.4, 0.5) is 10.1 Å². The lowest BCUT2D eigenvalue weighted by atomic mass is 9.88. The maximum atomic E-state index is 13.7. The van der Waals surface area contributed by atoms with Gasteiger partial charge in [-0.25, -0.2) is 9.07 Å². The molecule has 0 spiro atoms. The Hall–Kier alpha value is -2.70. The van der Waals surface area contributed by atoms with Crippen LogP contribution in [0.1, 0.15) is 55.0 Å². The van der Waals surface area contributed by atoms with E-state index in [0.717, 1.165) is 61.2 Å². The predicted octanol–water partition coefficient (Wildman–Crippen LogP) is 6.24. The van der Waals surface area contributed by atoms with E-state index >= 15 is 0 Å². The van der Waals surface area contributed by atoms with E-state index in [2.05, 4.69) is 44.8 Å². The van der Waals surface area contributed by atoms with Gasteiger partial charge in [-0.2, -0.15) is 0 Å². The third kappa shape index (κ3) is 3.93. The van der Waals surface area contributed by atoms with Gasteiger partial charge < -0.3 is 5.32 Å². The van der Waals surface area contributed by atoms with Gasteiger partial charge in [0.15, 0.2) is 0 Å². The van der Waals surface area contributed by atoms with E-state index in [4.69, 9.17) is 11.6 Å². The zero-order chi connectivity index (χ0) is 23.2. The van der Waals surface area contributed by atoms with E-state index in [-0.39, 0.29) is 11.1 Å². The van der Waals surface area contributed by atoms with Crippen LogP contribution in [0.3, 0.4) is 0 Å². The monoisotopic (exact) mass is 477 g/mol. The summed E-state index contributed by atoms with van der Waals surface area (Å²) in [5, 5.41) is 12.5. The summed E-state index contributed by atoms with van der Waals surface area (Å²) in [5.74, 6) is -0.405. The molecule has 3 aromatic rings. The van der Waals surface area contributed by atoms with Crippen LogP contribution in [0.25, 0.3) is 16.8 Å². The molecule has 2 aliphatic heterocycles. The van der Waals surface area contributed by atoms with E-state index in [1.54, 1.807) is 12.1 Å². The Bertz CT molecular complexity index is 1260. The fraction of sp³-hybridized carbons (Fsp3) is 0.407. The summed E-state index contributed by atoms with van der Waals surface area (Å²) < 4.78 is 15.7. The zero-order valence-electron chi connectivity index (χ0n) is 19.4. The Kier molecular flexibility index (Phi) is 5.66. The molecule has 0 amide bonds. The van der Waals surface area contributed by atoms with E-state index in [1.807, 2.05) is 11.6 Å². The average molecular weight is 478 g/mol. The number of anilines is 1. The molecule has 0 radical (unpaired) electrons. The van der Waals surface area contributed by atoms with Crippen molar-refractivity contribution in [1.82, 2.24) is 19.9 Å². The number of fused-ring (bicyclic) bond motifs is 3. The van der Waals surface area contributed by atoms with Crippen molar-refractivity contribution in [3.05, 3.63) is 70.1 Å². The van der Waals surface area contributed by atoms with Gasteiger partial charge in [-0.3, -0.25) is 4.90 Å². The first kappa shape index (κ1) is 21.8. The number of hydrogen-bond acceptors (Lipinski definition) is 4. The SMILES string of the molecule is Cc1nnn2c1-c1ccc(C3=CCN(C4CCC4)CC3)cc1C(Nc1ccc(F)c(Cl)c1)CC2. The first-order valence-electron chi connectivity index (χ1n) is 12.3. The Labute approximate surface area is 204 Å². The normalized spacial score (nSPS) is 20.7. The lowest BCUT2D eigenvalue weighted by molar-refractivity contribution is 0.141. The van der Waals surface area contributed by atoms with Gasteiger partial charge in [-0.15, -0.1) is 5.10 Å². The summed E-state index contributed by atoms with van der Waals surface area (Å²) in [6.45, 7) is 4.95. The summed E-state index contributed by atoms with van der Waals surface area (Å²) in [6.07, 6.45) is 8.42. The molecule has 3 aliphatic rings. The topological polar surface area (TPSA) is 46.0 Å². The molecule has 1 fully saturated rings. The molecule has 1 unspecified atom stereocenters. The first-order valence-corrected chi connectivity index (χ1v) is 12.6. The number of halogens is 2. The van der Waals surface area contributed by atoms with Crippen molar-refractivity contribution in [1.29, 1.82) is 0 Å². The van der Waals surface area contributed by atoms with Crippen molar-refractivity contribution in [3.63, 3.8) is 0 Å². The van der Waals surface area contributed by atoms with Crippen molar-refractivity contribution in [2.45, 2.75) is 57.7 Å². The minimum absolute atomic E-state index is 0.0493. The Morgan fingerprint density at radius 1 is 1.09 bits per heavy atom. The van der Waals surface area contributed by atoms with Gasteiger partial charge in [0.25, 0.3) is 0 Å². The second-order valence-corrected chi connectivity index (χ2v) is 10.1. The van der Waals surface area contributed by atoms with Gasteiger partial charge in [0.1, 0.15) is 5.82 Å². The number of benzene rings is 2. The van der Waals surface area contributed by atoms with Crippen LogP contribution in [0.2, 0.25) is 5.02 Å². The Balaban J connectivity index is 1.36. The number of aromatic nitrogens is 3. The largest absolute Gasteiger partial charge is 0.378 e. The van der Waals surface area contributed by atoms with Crippen molar-refractivity contribution in [2.24, 2.45) is 0 Å². The zero-order valence-corrected chi connectivity index (χ0v) is 20.2. The highest BCUT2D eigenvalue weighted by atomic mass is 35.5. The van der Waals surface area contributed by atoms with E-state index in [9.17, 15) is 4.39 Å². The van der Waals surface area contributed by atoms with Crippen LogP contribution >= 0.6 is 11.6 Å². The lowest BCUT2D eigenvalue weighted by Gasteiger charge is -2.39. The maximum absolute atomic E-state index is 13.7. The number of nitrogens with one attached hydrogen (secondary N) is 1. The summed E-state index contributed by atoms with van der Waals surface area (Å²) in [4.78, 5) is 2.63. The van der Waals surface area contributed by atoms with Gasteiger partial charge in [-0.05, 0) is 73.6 Å². The maximum Gasteiger partial charge on any atom is 0.141 e. The highest BCUT2D eigenvalue weighted by molar-refractivity contribution is 6.31. The number of aryl methyl sites for hydroxylation is 2.